The number of hydrogen-bond donors (Lipinski definition) is 1. The third-order valence-electron chi connectivity index (χ3n) is 3.89. The normalized spacial score (nSPS) is 15.3. The first-order chi connectivity index (χ1) is 11.1. The molecule has 7 nitrogen and oxygen atoms in total. The van der Waals surface area contributed by atoms with Crippen molar-refractivity contribution in [1.82, 2.24) is 19.9 Å². The molecule has 2 aromatic heterocycles. The van der Waals surface area contributed by atoms with Crippen molar-refractivity contribution in [3.63, 3.8) is 0 Å². The maximum Gasteiger partial charge on any atom is 0.288 e. The van der Waals surface area contributed by atoms with Crippen LogP contribution in [0.15, 0.2) is 23.4 Å². The summed E-state index contributed by atoms with van der Waals surface area (Å²) in [6.07, 6.45) is 3.23. The van der Waals surface area contributed by atoms with E-state index in [1.54, 1.807) is 6.20 Å². The van der Waals surface area contributed by atoms with Crippen molar-refractivity contribution in [3.8, 4) is 0 Å². The van der Waals surface area contributed by atoms with Crippen molar-refractivity contribution in [1.29, 1.82) is 0 Å². The lowest BCUT2D eigenvalue weighted by Crippen LogP contribution is -2.48. The van der Waals surface area contributed by atoms with Crippen LogP contribution >= 0.6 is 0 Å². The van der Waals surface area contributed by atoms with Gasteiger partial charge >= 0.3 is 0 Å². The van der Waals surface area contributed by atoms with Gasteiger partial charge in [0, 0.05) is 32.4 Å². The maximum absolute atomic E-state index is 13.8. The van der Waals surface area contributed by atoms with Crippen LogP contribution in [0.5, 0.6) is 0 Å². The molecule has 3 heterocycles. The Labute approximate surface area is 133 Å². The summed E-state index contributed by atoms with van der Waals surface area (Å²) in [4.78, 5) is 30.9. The molecule has 0 spiro atoms. The molecule has 1 fully saturated rings. The lowest BCUT2D eigenvalue weighted by atomic mass is 10.1. The largest absolute Gasteiger partial charge is 0.353 e. The van der Waals surface area contributed by atoms with Gasteiger partial charge in [0.05, 0.1) is 5.69 Å². The van der Waals surface area contributed by atoms with Crippen LogP contribution in [0, 0.1) is 5.82 Å². The van der Waals surface area contributed by atoms with E-state index in [9.17, 15) is 9.18 Å². The molecule has 0 atom stereocenters. The Balaban J connectivity index is 1.77. The summed E-state index contributed by atoms with van der Waals surface area (Å²) >= 11 is 0. The molecule has 0 unspecified atom stereocenters. The molecular formula is C15H19FN6O. The zero-order chi connectivity index (χ0) is 16.4. The van der Waals surface area contributed by atoms with E-state index < -0.39 is 11.4 Å². The van der Waals surface area contributed by atoms with E-state index in [0.29, 0.717) is 19.0 Å². The van der Waals surface area contributed by atoms with Crippen molar-refractivity contribution in [2.75, 3.05) is 36.0 Å². The van der Waals surface area contributed by atoms with Gasteiger partial charge in [-0.15, -0.1) is 0 Å². The van der Waals surface area contributed by atoms with Gasteiger partial charge in [-0.3, -0.25) is 9.78 Å². The minimum Gasteiger partial charge on any atom is -0.353 e. The number of nitrogens with one attached hydrogen (secondary N) is 1. The maximum atomic E-state index is 13.8. The highest BCUT2D eigenvalue weighted by molar-refractivity contribution is 5.41. The second-order valence-electron chi connectivity index (χ2n) is 5.79. The summed E-state index contributed by atoms with van der Waals surface area (Å²) in [5, 5.41) is 0. The number of hydrogen-bond acceptors (Lipinski definition) is 6. The van der Waals surface area contributed by atoms with E-state index in [0.717, 1.165) is 18.9 Å². The summed E-state index contributed by atoms with van der Waals surface area (Å²) in [5.74, 6) is 0.382. The average Bonchev–Trinajstić information content (AvgIpc) is 2.58. The zero-order valence-corrected chi connectivity index (χ0v) is 13.2. The van der Waals surface area contributed by atoms with Crippen LogP contribution in [0.2, 0.25) is 0 Å². The van der Waals surface area contributed by atoms with E-state index >= 15 is 0 Å². The van der Waals surface area contributed by atoms with E-state index in [4.69, 9.17) is 0 Å². The highest BCUT2D eigenvalue weighted by Crippen LogP contribution is 2.18. The smallest absolute Gasteiger partial charge is 0.288 e. The number of piperazine rings is 1. The van der Waals surface area contributed by atoms with Crippen molar-refractivity contribution in [2.24, 2.45) is 0 Å². The molecule has 1 aliphatic rings. The van der Waals surface area contributed by atoms with E-state index in [-0.39, 0.29) is 11.6 Å². The van der Waals surface area contributed by atoms with Crippen molar-refractivity contribution in [2.45, 2.75) is 19.8 Å². The third kappa shape index (κ3) is 3.15. The molecule has 23 heavy (non-hydrogen) atoms. The van der Waals surface area contributed by atoms with Crippen LogP contribution < -0.4 is 15.4 Å². The first-order valence-corrected chi connectivity index (χ1v) is 7.62. The van der Waals surface area contributed by atoms with E-state index in [1.807, 2.05) is 24.8 Å². The molecule has 1 N–H and O–H groups in total. The molecule has 1 aliphatic heterocycles. The van der Waals surface area contributed by atoms with E-state index in [2.05, 4.69) is 24.8 Å². The Morgan fingerprint density at radius 2 is 1.91 bits per heavy atom. The summed E-state index contributed by atoms with van der Waals surface area (Å²) in [5.41, 5.74) is -0.501. The van der Waals surface area contributed by atoms with Crippen LogP contribution in [0.3, 0.4) is 0 Å². The van der Waals surface area contributed by atoms with Crippen LogP contribution in [0.4, 0.5) is 16.2 Å². The highest BCUT2D eigenvalue weighted by atomic mass is 19.1. The molecule has 1 saturated heterocycles. The summed E-state index contributed by atoms with van der Waals surface area (Å²) < 4.78 is 13.8. The number of H-pyrrole nitrogens is 1. The molecule has 3 rings (SSSR count). The van der Waals surface area contributed by atoms with Crippen LogP contribution in [0.25, 0.3) is 0 Å². The summed E-state index contributed by atoms with van der Waals surface area (Å²) in [7, 11) is 0. The summed E-state index contributed by atoms with van der Waals surface area (Å²) in [6.45, 7) is 6.49. The Kier molecular flexibility index (Phi) is 4.22. The Bertz CT molecular complexity index is 724. The topological polar surface area (TPSA) is 78.0 Å². The van der Waals surface area contributed by atoms with Gasteiger partial charge in [0.1, 0.15) is 12.1 Å². The fraction of sp³-hybridized carbons (Fsp3) is 0.467. The Morgan fingerprint density at radius 3 is 2.52 bits per heavy atom. The molecular weight excluding hydrogens is 299 g/mol. The quantitative estimate of drug-likeness (QED) is 0.915. The number of aromatic amines is 1. The monoisotopic (exact) mass is 318 g/mol. The minimum atomic E-state index is -0.789. The van der Waals surface area contributed by atoms with Gasteiger partial charge < -0.3 is 9.80 Å². The number of rotatable bonds is 3. The number of anilines is 2. The predicted molar refractivity (Wildman–Crippen MR) is 85.4 cm³/mol. The van der Waals surface area contributed by atoms with Gasteiger partial charge in [0.25, 0.3) is 5.56 Å². The highest BCUT2D eigenvalue weighted by Gasteiger charge is 2.22. The van der Waals surface area contributed by atoms with Crippen LogP contribution in [-0.2, 0) is 0 Å². The zero-order valence-electron chi connectivity index (χ0n) is 13.2. The van der Waals surface area contributed by atoms with Gasteiger partial charge in [-0.1, -0.05) is 13.8 Å². The van der Waals surface area contributed by atoms with Gasteiger partial charge in [-0.05, 0) is 12.0 Å². The van der Waals surface area contributed by atoms with E-state index in [1.165, 1.54) is 6.33 Å². The SMILES string of the molecule is CC(C)c1nc(N2CCN(c3ccncn3)CC2)[nH]c(=O)c1F. The van der Waals surface area contributed by atoms with Gasteiger partial charge in [0.15, 0.2) is 0 Å². The molecule has 0 radical (unpaired) electrons. The van der Waals surface area contributed by atoms with Crippen LogP contribution in [0.1, 0.15) is 25.5 Å². The summed E-state index contributed by atoms with van der Waals surface area (Å²) in [6, 6.07) is 1.87. The molecule has 0 aromatic carbocycles. The lowest BCUT2D eigenvalue weighted by Gasteiger charge is -2.35. The van der Waals surface area contributed by atoms with Crippen LogP contribution in [-0.4, -0.2) is 46.1 Å². The first-order valence-electron chi connectivity index (χ1n) is 7.62. The number of aromatic nitrogens is 4. The fourth-order valence-electron chi connectivity index (χ4n) is 2.61. The Hall–Kier alpha value is -2.51. The second kappa shape index (κ2) is 6.31. The minimum absolute atomic E-state index is 0.140. The molecule has 122 valence electrons. The fourth-order valence-corrected chi connectivity index (χ4v) is 2.61. The van der Waals surface area contributed by atoms with Crippen molar-refractivity contribution >= 4 is 11.8 Å². The predicted octanol–water partition coefficient (Wildman–Crippen LogP) is 1.15. The lowest BCUT2D eigenvalue weighted by molar-refractivity contribution is 0.557. The molecule has 0 amide bonds. The molecule has 8 heteroatoms. The first kappa shape index (κ1) is 15.4. The second-order valence-corrected chi connectivity index (χ2v) is 5.79. The Morgan fingerprint density at radius 1 is 1.22 bits per heavy atom. The standard InChI is InChI=1S/C15H19FN6O/c1-10(2)13-12(16)14(23)20-15(19-13)22-7-5-21(6-8-22)11-3-4-17-9-18-11/h3-4,9-10H,5-8H2,1-2H3,(H,19,20,23). The molecule has 2 aromatic rings. The average molecular weight is 318 g/mol. The van der Waals surface area contributed by atoms with Gasteiger partial charge in [-0.2, -0.15) is 4.39 Å². The van der Waals surface area contributed by atoms with Crippen molar-refractivity contribution < 1.29 is 4.39 Å². The molecule has 0 saturated carbocycles. The number of nitrogens with zero attached hydrogens (tertiary/aromatic N) is 5. The number of halogens is 1. The van der Waals surface area contributed by atoms with Gasteiger partial charge in [-0.25, -0.2) is 15.0 Å². The van der Waals surface area contributed by atoms with Gasteiger partial charge in [0.2, 0.25) is 11.8 Å². The molecule has 0 aliphatic carbocycles. The molecule has 0 bridgehead atoms. The van der Waals surface area contributed by atoms with Crippen molar-refractivity contribution in [3.05, 3.63) is 40.5 Å². The third-order valence-corrected chi connectivity index (χ3v) is 3.89.